The number of aliphatic hydroxyl groups excluding tert-OH is 1. The number of benzene rings is 1. The maximum Gasteiger partial charge on any atom is 0.338 e. The van der Waals surface area contributed by atoms with Crippen LogP contribution < -0.4 is 0 Å². The second kappa shape index (κ2) is 15.2. The average Bonchev–Trinajstić information content (AvgIpc) is 2.71. The molecule has 164 valence electrons. The van der Waals surface area contributed by atoms with Crippen LogP contribution in [-0.4, -0.2) is 40.8 Å². The number of esters is 1. The largest absolute Gasteiger partial charge is 0.459 e. The highest BCUT2D eigenvalue weighted by Gasteiger charge is 2.31. The van der Waals surface area contributed by atoms with Crippen LogP contribution in [0.25, 0.3) is 0 Å². The van der Waals surface area contributed by atoms with E-state index in [1.807, 2.05) is 6.07 Å². The lowest BCUT2D eigenvalue weighted by Crippen LogP contribution is -2.38. The number of unbranched alkanes of at least 4 members (excludes halogenated alkanes) is 8. The molecule has 0 amide bonds. The number of carbonyl (C=O) groups is 2. The van der Waals surface area contributed by atoms with Gasteiger partial charge in [0.1, 0.15) is 18.0 Å². The summed E-state index contributed by atoms with van der Waals surface area (Å²) in [7, 11) is 0. The van der Waals surface area contributed by atoms with E-state index >= 15 is 0 Å². The van der Waals surface area contributed by atoms with Crippen molar-refractivity contribution in [3.05, 3.63) is 35.9 Å². The van der Waals surface area contributed by atoms with Gasteiger partial charge in [-0.05, 0) is 18.6 Å². The lowest BCUT2D eigenvalue weighted by molar-refractivity contribution is -0.127. The summed E-state index contributed by atoms with van der Waals surface area (Å²) >= 11 is 0. The summed E-state index contributed by atoms with van der Waals surface area (Å²) in [5, 5.41) is 19.9. The Morgan fingerprint density at radius 3 is 2.10 bits per heavy atom. The Morgan fingerprint density at radius 2 is 1.52 bits per heavy atom. The Balaban J connectivity index is 2.43. The number of rotatable bonds is 17. The third-order valence-electron chi connectivity index (χ3n) is 5.14. The molecule has 0 radical (unpaired) electrons. The van der Waals surface area contributed by atoms with Gasteiger partial charge in [-0.3, -0.25) is 4.79 Å². The first-order valence-corrected chi connectivity index (χ1v) is 11.1. The second-order valence-corrected chi connectivity index (χ2v) is 7.93. The first-order valence-electron chi connectivity index (χ1n) is 11.1. The monoisotopic (exact) mass is 406 g/mol. The van der Waals surface area contributed by atoms with Crippen LogP contribution in [-0.2, 0) is 9.53 Å². The van der Waals surface area contributed by atoms with E-state index in [9.17, 15) is 14.7 Å². The minimum atomic E-state index is -1.38. The second-order valence-electron chi connectivity index (χ2n) is 7.93. The van der Waals surface area contributed by atoms with Crippen LogP contribution in [0.1, 0.15) is 94.3 Å². The summed E-state index contributed by atoms with van der Waals surface area (Å²) in [4.78, 5) is 24.1. The van der Waals surface area contributed by atoms with Gasteiger partial charge in [-0.1, -0.05) is 82.9 Å². The van der Waals surface area contributed by atoms with Gasteiger partial charge < -0.3 is 14.9 Å². The zero-order chi connectivity index (χ0) is 21.4. The standard InChI is InChI=1S/C24H38O5/c1-2-3-4-5-6-7-8-9-13-17-24(28,19-22(26)16-18-25)20-29-23(27)21-14-11-10-12-15-21/h10-12,14-15,25,28H,2-9,13,16-20H2,1H3/t24-/m1/s1. The minimum Gasteiger partial charge on any atom is -0.459 e. The molecule has 1 rings (SSSR count). The third kappa shape index (κ3) is 11.8. The maximum atomic E-state index is 12.2. The molecule has 0 saturated carbocycles. The van der Waals surface area contributed by atoms with E-state index in [-0.39, 0.29) is 31.8 Å². The smallest absolute Gasteiger partial charge is 0.338 e. The summed E-state index contributed by atoms with van der Waals surface area (Å²) in [6, 6.07) is 8.60. The van der Waals surface area contributed by atoms with Crippen molar-refractivity contribution in [3.8, 4) is 0 Å². The van der Waals surface area contributed by atoms with Crippen molar-refractivity contribution in [2.45, 2.75) is 89.6 Å². The molecule has 0 aromatic heterocycles. The van der Waals surface area contributed by atoms with Gasteiger partial charge in [-0.25, -0.2) is 4.79 Å². The number of aliphatic hydroxyl groups is 2. The lowest BCUT2D eigenvalue weighted by Gasteiger charge is -2.27. The number of hydrogen-bond donors (Lipinski definition) is 2. The van der Waals surface area contributed by atoms with E-state index in [0.717, 1.165) is 19.3 Å². The van der Waals surface area contributed by atoms with E-state index in [1.54, 1.807) is 24.3 Å². The van der Waals surface area contributed by atoms with Gasteiger partial charge in [0.25, 0.3) is 0 Å². The zero-order valence-corrected chi connectivity index (χ0v) is 17.9. The summed E-state index contributed by atoms with van der Waals surface area (Å²) in [6.07, 6.45) is 10.7. The van der Waals surface area contributed by atoms with Gasteiger partial charge in [0.15, 0.2) is 0 Å². The molecule has 1 aromatic carbocycles. The van der Waals surface area contributed by atoms with Crippen molar-refractivity contribution >= 4 is 11.8 Å². The molecule has 0 saturated heterocycles. The van der Waals surface area contributed by atoms with Gasteiger partial charge in [-0.2, -0.15) is 0 Å². The number of Topliss-reactive ketones (excluding diaryl/α,β-unsaturated/α-hetero) is 1. The highest BCUT2D eigenvalue weighted by atomic mass is 16.5. The van der Waals surface area contributed by atoms with Gasteiger partial charge >= 0.3 is 5.97 Å². The predicted octanol–water partition coefficient (Wildman–Crippen LogP) is 4.84. The Hall–Kier alpha value is -1.72. The molecule has 0 unspecified atom stereocenters. The van der Waals surface area contributed by atoms with Crippen LogP contribution in [0.4, 0.5) is 0 Å². The fourth-order valence-electron chi connectivity index (χ4n) is 3.41. The van der Waals surface area contributed by atoms with Gasteiger partial charge in [0, 0.05) is 19.4 Å². The molecule has 1 aromatic rings. The summed E-state index contributed by atoms with van der Waals surface area (Å²) in [6.45, 7) is 1.76. The average molecular weight is 407 g/mol. The topological polar surface area (TPSA) is 83.8 Å². The first-order chi connectivity index (χ1) is 14.0. The molecule has 0 heterocycles. The van der Waals surface area contributed by atoms with Crippen molar-refractivity contribution in [2.75, 3.05) is 13.2 Å². The number of ketones is 1. The molecule has 0 aliphatic rings. The fraction of sp³-hybridized carbons (Fsp3) is 0.667. The van der Waals surface area contributed by atoms with Gasteiger partial charge in [0.05, 0.1) is 5.56 Å². The Kier molecular flexibility index (Phi) is 13.2. The highest BCUT2D eigenvalue weighted by molar-refractivity contribution is 5.89. The third-order valence-corrected chi connectivity index (χ3v) is 5.14. The Bertz CT molecular complexity index is 572. The zero-order valence-electron chi connectivity index (χ0n) is 17.9. The molecule has 0 aliphatic heterocycles. The molecular formula is C24H38O5. The minimum absolute atomic E-state index is 0.00665. The molecule has 0 bridgehead atoms. The van der Waals surface area contributed by atoms with E-state index in [4.69, 9.17) is 9.84 Å². The molecule has 29 heavy (non-hydrogen) atoms. The molecule has 5 heteroatoms. The van der Waals surface area contributed by atoms with Crippen LogP contribution in [0.2, 0.25) is 0 Å². The van der Waals surface area contributed by atoms with E-state index in [2.05, 4.69) is 6.92 Å². The van der Waals surface area contributed by atoms with Crippen molar-refractivity contribution in [2.24, 2.45) is 0 Å². The van der Waals surface area contributed by atoms with Crippen LogP contribution in [0.15, 0.2) is 30.3 Å². The molecular weight excluding hydrogens is 368 g/mol. The summed E-state index contributed by atoms with van der Waals surface area (Å²) in [5.41, 5.74) is -0.961. The molecule has 1 atom stereocenters. The molecule has 0 fully saturated rings. The summed E-state index contributed by atoms with van der Waals surface area (Å²) < 4.78 is 5.30. The van der Waals surface area contributed by atoms with Crippen molar-refractivity contribution in [3.63, 3.8) is 0 Å². The number of hydrogen-bond acceptors (Lipinski definition) is 5. The maximum absolute atomic E-state index is 12.2. The normalized spacial score (nSPS) is 13.1. The van der Waals surface area contributed by atoms with Crippen LogP contribution in [0.3, 0.4) is 0 Å². The Morgan fingerprint density at radius 1 is 0.931 bits per heavy atom. The van der Waals surface area contributed by atoms with Crippen LogP contribution in [0, 0.1) is 0 Å². The quantitative estimate of drug-likeness (QED) is 0.286. The van der Waals surface area contributed by atoms with Gasteiger partial charge in [-0.15, -0.1) is 0 Å². The molecule has 0 aliphatic carbocycles. The predicted molar refractivity (Wildman–Crippen MR) is 115 cm³/mol. The van der Waals surface area contributed by atoms with E-state index < -0.39 is 11.6 Å². The van der Waals surface area contributed by atoms with Crippen LogP contribution in [0.5, 0.6) is 0 Å². The SMILES string of the molecule is CCCCCCCCCCC[C@](O)(COC(=O)c1ccccc1)CC(=O)CCO. The highest BCUT2D eigenvalue weighted by Crippen LogP contribution is 2.23. The fourth-order valence-corrected chi connectivity index (χ4v) is 3.41. The van der Waals surface area contributed by atoms with Crippen molar-refractivity contribution in [1.29, 1.82) is 0 Å². The number of carbonyl (C=O) groups excluding carboxylic acids is 2. The summed E-state index contributed by atoms with van der Waals surface area (Å²) in [5.74, 6) is -0.729. The number of ether oxygens (including phenoxy) is 1. The first kappa shape index (κ1) is 25.3. The van der Waals surface area contributed by atoms with Crippen LogP contribution >= 0.6 is 0 Å². The van der Waals surface area contributed by atoms with E-state index in [0.29, 0.717) is 12.0 Å². The molecule has 2 N–H and O–H groups in total. The lowest BCUT2D eigenvalue weighted by atomic mass is 9.90. The molecule has 5 nitrogen and oxygen atoms in total. The van der Waals surface area contributed by atoms with Gasteiger partial charge in [0.2, 0.25) is 0 Å². The van der Waals surface area contributed by atoms with Crippen molar-refractivity contribution < 1.29 is 24.5 Å². The molecule has 0 spiro atoms. The Labute approximate surface area is 175 Å². The van der Waals surface area contributed by atoms with E-state index in [1.165, 1.54) is 38.5 Å². The van der Waals surface area contributed by atoms with Crippen molar-refractivity contribution in [1.82, 2.24) is 0 Å².